The van der Waals surface area contributed by atoms with Crippen LogP contribution >= 0.6 is 0 Å². The summed E-state index contributed by atoms with van der Waals surface area (Å²) in [6.45, 7) is 10.2. The molecule has 2 N–H and O–H groups in total. The Labute approximate surface area is 180 Å². The van der Waals surface area contributed by atoms with Crippen LogP contribution in [0.25, 0.3) is 0 Å². The molecule has 162 valence electrons. The smallest absolute Gasteiger partial charge is 0.265 e. The molecule has 0 heterocycles. The highest BCUT2D eigenvalue weighted by Crippen LogP contribution is 2.29. The average molecular weight is 411 g/mol. The lowest BCUT2D eigenvalue weighted by Gasteiger charge is -2.21. The normalized spacial score (nSPS) is 13.8. The van der Waals surface area contributed by atoms with Gasteiger partial charge in [0, 0.05) is 17.3 Å². The van der Waals surface area contributed by atoms with Crippen molar-refractivity contribution in [3.63, 3.8) is 0 Å². The fourth-order valence-electron chi connectivity index (χ4n) is 3.06. The van der Waals surface area contributed by atoms with Crippen LogP contribution in [0.15, 0.2) is 48.5 Å². The Kier molecular flexibility index (Phi) is 8.90. The summed E-state index contributed by atoms with van der Waals surface area (Å²) in [6.07, 6.45) is 1.77. The number of rotatable bonds is 10. The molecular formula is C25H34N2O3. The van der Waals surface area contributed by atoms with Crippen LogP contribution in [0, 0.1) is 0 Å². The fraction of sp³-hybridized carbons (Fsp3) is 0.440. The monoisotopic (exact) mass is 410 g/mol. The van der Waals surface area contributed by atoms with Crippen LogP contribution in [0.3, 0.4) is 0 Å². The zero-order chi connectivity index (χ0) is 22.1. The maximum atomic E-state index is 12.9. The lowest BCUT2D eigenvalue weighted by atomic mass is 9.98. The predicted molar refractivity (Wildman–Crippen MR) is 122 cm³/mol. The van der Waals surface area contributed by atoms with Gasteiger partial charge in [0.1, 0.15) is 5.75 Å². The van der Waals surface area contributed by atoms with Gasteiger partial charge in [-0.1, -0.05) is 52.0 Å². The van der Waals surface area contributed by atoms with Gasteiger partial charge in [-0.25, -0.2) is 0 Å². The van der Waals surface area contributed by atoms with Gasteiger partial charge in [-0.05, 0) is 61.9 Å². The molecule has 0 radical (unpaired) electrons. The molecule has 0 saturated heterocycles. The van der Waals surface area contributed by atoms with E-state index in [4.69, 9.17) is 4.74 Å². The summed E-state index contributed by atoms with van der Waals surface area (Å²) in [7, 11) is 0. The number of nitrogens with one attached hydrogen (secondary N) is 2. The summed E-state index contributed by atoms with van der Waals surface area (Å²) in [5.41, 5.74) is 2.20. The summed E-state index contributed by atoms with van der Waals surface area (Å²) >= 11 is 0. The second kappa shape index (κ2) is 11.4. The third-order valence-electron chi connectivity index (χ3n) is 5.38. The number of anilines is 1. The predicted octanol–water partition coefficient (Wildman–Crippen LogP) is 5.52. The van der Waals surface area contributed by atoms with E-state index in [1.807, 2.05) is 45.0 Å². The van der Waals surface area contributed by atoms with E-state index in [9.17, 15) is 9.59 Å². The summed E-state index contributed by atoms with van der Waals surface area (Å²) in [5.74, 6) is 0.722. The molecule has 0 saturated carbocycles. The Balaban J connectivity index is 2.11. The molecule has 2 aromatic carbocycles. The van der Waals surface area contributed by atoms with Crippen LogP contribution in [-0.2, 0) is 4.79 Å². The second-order valence-electron chi connectivity index (χ2n) is 7.71. The van der Waals surface area contributed by atoms with E-state index in [2.05, 4.69) is 24.5 Å². The molecule has 0 bridgehead atoms. The number of para-hydroxylation sites is 1. The van der Waals surface area contributed by atoms with Crippen LogP contribution in [0.5, 0.6) is 5.75 Å². The summed E-state index contributed by atoms with van der Waals surface area (Å²) in [4.78, 5) is 25.2. The Morgan fingerprint density at radius 1 is 0.933 bits per heavy atom. The molecule has 2 amide bonds. The number of hydrogen-bond donors (Lipinski definition) is 2. The number of benzene rings is 2. The van der Waals surface area contributed by atoms with Crippen LogP contribution in [0.2, 0.25) is 0 Å². The number of carbonyl (C=O) groups is 2. The molecule has 30 heavy (non-hydrogen) atoms. The topological polar surface area (TPSA) is 67.4 Å². The van der Waals surface area contributed by atoms with E-state index in [-0.39, 0.29) is 17.9 Å². The quantitative estimate of drug-likeness (QED) is 0.541. The lowest BCUT2D eigenvalue weighted by Crippen LogP contribution is -2.33. The van der Waals surface area contributed by atoms with Crippen molar-refractivity contribution in [1.82, 2.24) is 5.32 Å². The molecule has 3 unspecified atom stereocenters. The third-order valence-corrected chi connectivity index (χ3v) is 5.38. The number of ether oxygens (including phenoxy) is 1. The summed E-state index contributed by atoms with van der Waals surface area (Å²) in [5, 5.41) is 5.83. The first-order valence-electron chi connectivity index (χ1n) is 10.9. The van der Waals surface area contributed by atoms with Crippen molar-refractivity contribution in [3.05, 3.63) is 59.7 Å². The Morgan fingerprint density at radius 3 is 2.33 bits per heavy atom. The molecular weight excluding hydrogens is 376 g/mol. The van der Waals surface area contributed by atoms with Gasteiger partial charge in [-0.3, -0.25) is 9.59 Å². The van der Waals surface area contributed by atoms with Gasteiger partial charge in [-0.2, -0.15) is 0 Å². The molecule has 5 nitrogen and oxygen atoms in total. The molecule has 0 aliphatic rings. The average Bonchev–Trinajstić information content (AvgIpc) is 2.77. The second-order valence-corrected chi connectivity index (χ2v) is 7.71. The van der Waals surface area contributed by atoms with E-state index in [1.165, 1.54) is 0 Å². The Morgan fingerprint density at radius 2 is 1.67 bits per heavy atom. The first-order chi connectivity index (χ1) is 14.4. The molecule has 0 aromatic heterocycles. The van der Waals surface area contributed by atoms with Gasteiger partial charge >= 0.3 is 0 Å². The minimum absolute atomic E-state index is 0.0965. The fourth-order valence-corrected chi connectivity index (χ4v) is 3.06. The minimum Gasteiger partial charge on any atom is -0.480 e. The van der Waals surface area contributed by atoms with Crippen molar-refractivity contribution in [3.8, 4) is 5.75 Å². The number of carbonyl (C=O) groups excluding carboxylic acids is 2. The Bertz CT molecular complexity index is 850. The standard InChI is InChI=1S/C25H34N2O3/c1-6-17(4)21-14-9-10-15-23(21)30-22(8-3)25(29)27-20-13-11-12-19(16-20)24(28)26-18(5)7-2/h9-18,22H,6-8H2,1-5H3,(H,26,28)(H,27,29). The SMILES string of the molecule is CCC(C)NC(=O)c1cccc(NC(=O)C(CC)Oc2ccccc2C(C)CC)c1. The molecule has 2 rings (SSSR count). The van der Waals surface area contributed by atoms with Crippen molar-refractivity contribution in [1.29, 1.82) is 0 Å². The first-order valence-corrected chi connectivity index (χ1v) is 10.9. The molecule has 0 spiro atoms. The highest BCUT2D eigenvalue weighted by Gasteiger charge is 2.21. The van der Waals surface area contributed by atoms with Crippen molar-refractivity contribution in [2.45, 2.75) is 71.9 Å². The van der Waals surface area contributed by atoms with E-state index in [0.29, 0.717) is 23.6 Å². The molecule has 0 aliphatic heterocycles. The lowest BCUT2D eigenvalue weighted by molar-refractivity contribution is -0.122. The van der Waals surface area contributed by atoms with Gasteiger partial charge in [0.2, 0.25) is 0 Å². The molecule has 0 aliphatic carbocycles. The highest BCUT2D eigenvalue weighted by molar-refractivity contribution is 5.98. The van der Waals surface area contributed by atoms with Crippen molar-refractivity contribution < 1.29 is 14.3 Å². The van der Waals surface area contributed by atoms with Crippen LogP contribution in [0.4, 0.5) is 5.69 Å². The van der Waals surface area contributed by atoms with Crippen LogP contribution < -0.4 is 15.4 Å². The van der Waals surface area contributed by atoms with Crippen molar-refractivity contribution in [2.75, 3.05) is 5.32 Å². The van der Waals surface area contributed by atoms with Crippen molar-refractivity contribution >= 4 is 17.5 Å². The zero-order valence-corrected chi connectivity index (χ0v) is 18.7. The van der Waals surface area contributed by atoms with Gasteiger partial charge in [0.15, 0.2) is 6.10 Å². The molecule has 3 atom stereocenters. The van der Waals surface area contributed by atoms with Crippen LogP contribution in [-0.4, -0.2) is 24.0 Å². The van der Waals surface area contributed by atoms with E-state index < -0.39 is 6.10 Å². The van der Waals surface area contributed by atoms with Gasteiger partial charge in [-0.15, -0.1) is 0 Å². The number of hydrogen-bond acceptors (Lipinski definition) is 3. The van der Waals surface area contributed by atoms with Crippen molar-refractivity contribution in [2.24, 2.45) is 0 Å². The Hall–Kier alpha value is -2.82. The molecule has 2 aromatic rings. The number of amides is 2. The maximum absolute atomic E-state index is 12.9. The van der Waals surface area contributed by atoms with E-state index in [0.717, 1.165) is 24.2 Å². The summed E-state index contributed by atoms with van der Waals surface area (Å²) < 4.78 is 6.11. The molecule has 0 fully saturated rings. The minimum atomic E-state index is -0.618. The maximum Gasteiger partial charge on any atom is 0.265 e. The van der Waals surface area contributed by atoms with E-state index >= 15 is 0 Å². The molecule has 5 heteroatoms. The van der Waals surface area contributed by atoms with Crippen LogP contribution in [0.1, 0.15) is 75.7 Å². The largest absolute Gasteiger partial charge is 0.480 e. The summed E-state index contributed by atoms with van der Waals surface area (Å²) in [6, 6.07) is 14.9. The van der Waals surface area contributed by atoms with Gasteiger partial charge in [0.25, 0.3) is 11.8 Å². The van der Waals surface area contributed by atoms with Gasteiger partial charge < -0.3 is 15.4 Å². The zero-order valence-electron chi connectivity index (χ0n) is 18.7. The van der Waals surface area contributed by atoms with E-state index in [1.54, 1.807) is 24.3 Å². The first kappa shape index (κ1) is 23.5. The van der Waals surface area contributed by atoms with Gasteiger partial charge in [0.05, 0.1) is 0 Å². The highest BCUT2D eigenvalue weighted by atomic mass is 16.5. The third kappa shape index (κ3) is 6.34.